The van der Waals surface area contributed by atoms with E-state index in [1.54, 1.807) is 4.90 Å². The van der Waals surface area contributed by atoms with Crippen LogP contribution in [0.25, 0.3) is 0 Å². The lowest BCUT2D eigenvalue weighted by atomic mass is 9.82. The van der Waals surface area contributed by atoms with Crippen molar-refractivity contribution in [2.45, 2.75) is 122 Å². The SMILES string of the molecule is C=CCNC(=O)C(=O)[C@@H](CCC)NC(=O)[C@@H]1[C@@H]2[C@H](CN1C(=O)[C@@H](NC(=O)N[C@H](CN(C)S(=O)(=O)N(C)C)C1CCCCC1)C1CCCCC1)C2(C)C. The van der Waals surface area contributed by atoms with Gasteiger partial charge in [-0.2, -0.15) is 17.0 Å². The molecule has 1 saturated heterocycles. The molecule has 5 amide bonds. The van der Waals surface area contributed by atoms with E-state index in [1.165, 1.54) is 31.5 Å². The number of nitrogens with one attached hydrogen (secondary N) is 4. The minimum Gasteiger partial charge on any atom is -0.346 e. The lowest BCUT2D eigenvalue weighted by Gasteiger charge is -2.38. The van der Waals surface area contributed by atoms with E-state index in [2.05, 4.69) is 41.7 Å². The van der Waals surface area contributed by atoms with Crippen LogP contribution in [0.3, 0.4) is 0 Å². The van der Waals surface area contributed by atoms with Crippen molar-refractivity contribution in [3.8, 4) is 0 Å². The summed E-state index contributed by atoms with van der Waals surface area (Å²) in [5.74, 6) is -2.43. The fourth-order valence-electron chi connectivity index (χ4n) is 8.92. The molecule has 52 heavy (non-hydrogen) atoms. The third kappa shape index (κ3) is 9.54. The fourth-order valence-corrected chi connectivity index (χ4v) is 9.82. The van der Waals surface area contributed by atoms with Crippen LogP contribution in [0.1, 0.15) is 97.8 Å². The zero-order valence-electron chi connectivity index (χ0n) is 32.1. The van der Waals surface area contributed by atoms with Crippen molar-refractivity contribution >= 4 is 39.7 Å². The molecule has 6 atom stereocenters. The van der Waals surface area contributed by atoms with E-state index in [1.807, 2.05) is 6.92 Å². The van der Waals surface area contributed by atoms with Gasteiger partial charge in [-0.1, -0.05) is 71.8 Å². The number of nitrogens with zero attached hydrogens (tertiary/aromatic N) is 3. The molecule has 0 radical (unpaired) electrons. The van der Waals surface area contributed by atoms with E-state index in [4.69, 9.17) is 0 Å². The molecule has 0 bridgehead atoms. The van der Waals surface area contributed by atoms with E-state index < -0.39 is 58.0 Å². The molecule has 4 N–H and O–H groups in total. The molecule has 1 heterocycles. The van der Waals surface area contributed by atoms with Gasteiger partial charge in [-0.25, -0.2) is 4.79 Å². The molecule has 4 aliphatic rings. The van der Waals surface area contributed by atoms with Crippen molar-refractivity contribution < 1.29 is 32.4 Å². The summed E-state index contributed by atoms with van der Waals surface area (Å²) in [7, 11) is 0.745. The Hall–Kier alpha value is -3.04. The number of hydrogen-bond donors (Lipinski definition) is 4. The van der Waals surface area contributed by atoms with Gasteiger partial charge >= 0.3 is 6.03 Å². The molecule has 3 saturated carbocycles. The quantitative estimate of drug-likeness (QED) is 0.131. The maximum atomic E-state index is 14.7. The highest BCUT2D eigenvalue weighted by atomic mass is 32.2. The van der Waals surface area contributed by atoms with Gasteiger partial charge in [0.25, 0.3) is 16.1 Å². The highest BCUT2D eigenvalue weighted by Gasteiger charge is 2.69. The second kappa shape index (κ2) is 17.9. The lowest BCUT2D eigenvalue weighted by Crippen LogP contribution is -2.61. The largest absolute Gasteiger partial charge is 0.346 e. The van der Waals surface area contributed by atoms with Gasteiger partial charge in [0.1, 0.15) is 12.1 Å². The zero-order valence-corrected chi connectivity index (χ0v) is 32.9. The number of fused-ring (bicyclic) bond motifs is 1. The number of Topliss-reactive ketones (excluding diaryl/α,β-unsaturated/α-hetero) is 1. The Bertz CT molecular complexity index is 1420. The highest BCUT2D eigenvalue weighted by molar-refractivity contribution is 7.86. The molecule has 14 nitrogen and oxygen atoms in total. The Labute approximate surface area is 310 Å². The second-order valence-electron chi connectivity index (χ2n) is 16.2. The van der Waals surface area contributed by atoms with Crippen LogP contribution in [0.2, 0.25) is 0 Å². The summed E-state index contributed by atoms with van der Waals surface area (Å²) in [5, 5.41) is 11.4. The third-order valence-electron chi connectivity index (χ3n) is 12.1. The molecule has 294 valence electrons. The number of hydrogen-bond acceptors (Lipinski definition) is 7. The smallest absolute Gasteiger partial charge is 0.315 e. The number of ketones is 1. The summed E-state index contributed by atoms with van der Waals surface area (Å²) in [5.41, 5.74) is -0.193. The number of rotatable bonds is 17. The number of likely N-dealkylation sites (tertiary alicyclic amines) is 1. The lowest BCUT2D eigenvalue weighted by molar-refractivity contribution is -0.144. The second-order valence-corrected chi connectivity index (χ2v) is 18.4. The summed E-state index contributed by atoms with van der Waals surface area (Å²) in [6, 6.07) is -3.77. The van der Waals surface area contributed by atoms with Crippen LogP contribution < -0.4 is 21.3 Å². The van der Waals surface area contributed by atoms with Crippen molar-refractivity contribution in [3.63, 3.8) is 0 Å². The minimum atomic E-state index is -3.71. The number of carbonyl (C=O) groups excluding carboxylic acids is 5. The minimum absolute atomic E-state index is 0.0779. The summed E-state index contributed by atoms with van der Waals surface area (Å²) >= 11 is 0. The van der Waals surface area contributed by atoms with Crippen LogP contribution in [-0.4, -0.2) is 116 Å². The summed E-state index contributed by atoms with van der Waals surface area (Å²) in [4.78, 5) is 70.0. The molecule has 15 heteroatoms. The Kier molecular flexibility index (Phi) is 14.3. The molecule has 0 aromatic heterocycles. The highest BCUT2D eigenvalue weighted by Crippen LogP contribution is 2.65. The van der Waals surface area contributed by atoms with Gasteiger partial charge < -0.3 is 26.2 Å². The van der Waals surface area contributed by atoms with Crippen molar-refractivity contribution in [2.24, 2.45) is 29.1 Å². The van der Waals surface area contributed by atoms with Crippen LogP contribution in [0, 0.1) is 29.1 Å². The van der Waals surface area contributed by atoms with Gasteiger partial charge in [-0.3, -0.25) is 19.2 Å². The Balaban J connectivity index is 1.56. The fraction of sp³-hybridized carbons (Fsp3) is 0.811. The molecule has 0 spiro atoms. The molecule has 4 fully saturated rings. The van der Waals surface area contributed by atoms with E-state index in [0.717, 1.165) is 68.5 Å². The Morgan fingerprint density at radius 1 is 0.904 bits per heavy atom. The van der Waals surface area contributed by atoms with Crippen LogP contribution in [0.15, 0.2) is 12.7 Å². The predicted octanol–water partition coefficient (Wildman–Crippen LogP) is 2.56. The molecular weight excluding hydrogens is 687 g/mol. The van der Waals surface area contributed by atoms with Crippen molar-refractivity contribution in [1.82, 2.24) is 34.8 Å². The number of urea groups is 1. The first-order valence-electron chi connectivity index (χ1n) is 19.3. The van der Waals surface area contributed by atoms with Crippen molar-refractivity contribution in [1.29, 1.82) is 0 Å². The Morgan fingerprint density at radius 2 is 1.50 bits per heavy atom. The van der Waals surface area contributed by atoms with E-state index in [9.17, 15) is 32.4 Å². The first-order chi connectivity index (χ1) is 24.6. The number of amides is 5. The molecule has 1 aliphatic heterocycles. The maximum Gasteiger partial charge on any atom is 0.315 e. The standard InChI is InChI=1S/C37H63N7O7S/c1-8-16-27(32(45)34(47)38-21-9-2)39-33(46)31-29-26(37(29,3)4)22-44(31)35(48)30(25-19-14-11-15-20-25)41-36(49)40-28(24-17-12-10-13-18-24)23-43(7)52(50,51)42(5)6/h9,24-31H,2,8,10-23H2,1,3-7H3,(H,38,47)(H,39,46)(H2,40,41,49)/t26-,27+,28+,29-,30-,31-/m0/s1. The van der Waals surface area contributed by atoms with Crippen LogP contribution in [0.5, 0.6) is 0 Å². The summed E-state index contributed by atoms with van der Waals surface area (Å²) in [6.07, 6.45) is 11.5. The van der Waals surface area contributed by atoms with Crippen LogP contribution >= 0.6 is 0 Å². The van der Waals surface area contributed by atoms with Gasteiger partial charge in [0.15, 0.2) is 0 Å². The van der Waals surface area contributed by atoms with Gasteiger partial charge in [-0.05, 0) is 61.2 Å². The summed E-state index contributed by atoms with van der Waals surface area (Å²) < 4.78 is 28.3. The first-order valence-corrected chi connectivity index (χ1v) is 20.7. The first kappa shape index (κ1) is 41.7. The van der Waals surface area contributed by atoms with Crippen LogP contribution in [0.4, 0.5) is 4.79 Å². The Morgan fingerprint density at radius 3 is 2.06 bits per heavy atom. The normalized spacial score (nSPS) is 25.1. The van der Waals surface area contributed by atoms with Gasteiger partial charge in [0.05, 0.1) is 6.04 Å². The van der Waals surface area contributed by atoms with Crippen molar-refractivity contribution in [2.75, 3.05) is 40.8 Å². The number of likely N-dealkylation sites (N-methyl/N-ethyl adjacent to an activating group) is 1. The molecular formula is C37H63N7O7S. The predicted molar refractivity (Wildman–Crippen MR) is 199 cm³/mol. The van der Waals surface area contributed by atoms with E-state index >= 15 is 0 Å². The zero-order chi connectivity index (χ0) is 38.4. The topological polar surface area (TPSA) is 177 Å². The van der Waals surface area contributed by atoms with Gasteiger partial charge in [0, 0.05) is 46.8 Å². The molecule has 3 aliphatic carbocycles. The maximum absolute atomic E-state index is 14.7. The molecule has 0 aromatic rings. The number of carbonyl (C=O) groups is 5. The average molecular weight is 750 g/mol. The van der Waals surface area contributed by atoms with Crippen LogP contribution in [-0.2, 0) is 29.4 Å². The molecule has 0 unspecified atom stereocenters. The molecule has 4 rings (SSSR count). The average Bonchev–Trinajstić information content (AvgIpc) is 3.42. The summed E-state index contributed by atoms with van der Waals surface area (Å²) in [6.45, 7) is 10.1. The number of piperidine rings is 1. The molecule has 0 aromatic carbocycles. The van der Waals surface area contributed by atoms with Gasteiger partial charge in [-0.15, -0.1) is 6.58 Å². The monoisotopic (exact) mass is 749 g/mol. The van der Waals surface area contributed by atoms with E-state index in [-0.39, 0.29) is 54.5 Å². The van der Waals surface area contributed by atoms with Gasteiger partial charge in [0.2, 0.25) is 17.6 Å². The van der Waals surface area contributed by atoms with Crippen molar-refractivity contribution in [3.05, 3.63) is 12.7 Å². The third-order valence-corrected chi connectivity index (χ3v) is 14.0. The van der Waals surface area contributed by atoms with E-state index in [0.29, 0.717) is 13.0 Å².